The number of benzene rings is 1. The summed E-state index contributed by atoms with van der Waals surface area (Å²) in [6.45, 7) is 7.02. The average Bonchev–Trinajstić information content (AvgIpc) is 3.11. The standard InChI is InChI=1S/C23H28N6O2S/c1-16-20(7-8-23(30)26-18-5-4-6-19(13-18)32-3)17(2)29(27-16)22-14-21(24-15-25-22)28-9-11-31-12-10-28/h4-6,13-15H,7-12H2,1-3H3,(H,26,30). The summed E-state index contributed by atoms with van der Waals surface area (Å²) in [6.07, 6.45) is 4.60. The van der Waals surface area contributed by atoms with E-state index in [2.05, 4.69) is 20.2 Å². The molecule has 32 heavy (non-hydrogen) atoms. The topological polar surface area (TPSA) is 85.2 Å². The number of hydrogen-bond acceptors (Lipinski definition) is 7. The van der Waals surface area contributed by atoms with Gasteiger partial charge in [-0.2, -0.15) is 5.10 Å². The van der Waals surface area contributed by atoms with Crippen LogP contribution in [-0.4, -0.2) is 58.2 Å². The van der Waals surface area contributed by atoms with Crippen LogP contribution in [0.4, 0.5) is 11.5 Å². The molecular formula is C23H28N6O2S. The fraction of sp³-hybridized carbons (Fsp3) is 0.391. The van der Waals surface area contributed by atoms with Crippen molar-refractivity contribution in [3.05, 3.63) is 53.6 Å². The molecule has 1 fully saturated rings. The van der Waals surface area contributed by atoms with Crippen LogP contribution in [0.3, 0.4) is 0 Å². The van der Waals surface area contributed by atoms with Crippen molar-refractivity contribution in [1.29, 1.82) is 0 Å². The van der Waals surface area contributed by atoms with E-state index in [0.29, 0.717) is 26.1 Å². The van der Waals surface area contributed by atoms with Gasteiger partial charge in [-0.25, -0.2) is 14.6 Å². The second kappa shape index (κ2) is 10.1. The molecule has 0 unspecified atom stereocenters. The Morgan fingerprint density at radius 3 is 2.72 bits per heavy atom. The molecule has 168 valence electrons. The number of nitrogens with zero attached hydrogens (tertiary/aromatic N) is 5. The second-order valence-corrected chi connectivity index (χ2v) is 8.55. The van der Waals surface area contributed by atoms with Gasteiger partial charge in [0.1, 0.15) is 12.1 Å². The molecule has 1 amide bonds. The minimum atomic E-state index is -0.00792. The first-order valence-corrected chi connectivity index (χ1v) is 11.9. The maximum Gasteiger partial charge on any atom is 0.224 e. The Labute approximate surface area is 192 Å². The molecule has 4 rings (SSSR count). The van der Waals surface area contributed by atoms with Gasteiger partial charge in [-0.3, -0.25) is 4.79 Å². The van der Waals surface area contributed by atoms with Gasteiger partial charge in [0, 0.05) is 41.9 Å². The van der Waals surface area contributed by atoms with Crippen LogP contribution < -0.4 is 10.2 Å². The highest BCUT2D eigenvalue weighted by Gasteiger charge is 2.18. The average molecular weight is 453 g/mol. The number of rotatable bonds is 7. The van der Waals surface area contributed by atoms with Crippen molar-refractivity contribution in [2.45, 2.75) is 31.6 Å². The molecule has 1 aliphatic rings. The van der Waals surface area contributed by atoms with Gasteiger partial charge in [-0.05, 0) is 50.3 Å². The van der Waals surface area contributed by atoms with E-state index in [9.17, 15) is 4.79 Å². The first-order chi connectivity index (χ1) is 15.5. The van der Waals surface area contributed by atoms with E-state index in [-0.39, 0.29) is 5.91 Å². The molecule has 1 saturated heterocycles. The Morgan fingerprint density at radius 1 is 1.16 bits per heavy atom. The van der Waals surface area contributed by atoms with E-state index < -0.39 is 0 Å². The molecule has 1 N–H and O–H groups in total. The van der Waals surface area contributed by atoms with E-state index in [1.54, 1.807) is 18.1 Å². The predicted octanol–water partition coefficient (Wildman–Crippen LogP) is 3.41. The zero-order chi connectivity index (χ0) is 22.5. The van der Waals surface area contributed by atoms with Crippen molar-refractivity contribution in [3.8, 4) is 5.82 Å². The van der Waals surface area contributed by atoms with Crippen molar-refractivity contribution >= 4 is 29.2 Å². The second-order valence-electron chi connectivity index (χ2n) is 7.68. The minimum Gasteiger partial charge on any atom is -0.378 e. The molecule has 0 spiro atoms. The van der Waals surface area contributed by atoms with E-state index in [1.807, 2.05) is 55.1 Å². The molecule has 0 bridgehead atoms. The molecule has 3 heterocycles. The number of amides is 1. The third-order valence-corrected chi connectivity index (χ3v) is 6.31. The lowest BCUT2D eigenvalue weighted by atomic mass is 10.1. The molecule has 9 heteroatoms. The summed E-state index contributed by atoms with van der Waals surface area (Å²) < 4.78 is 7.28. The number of morpholine rings is 1. The Hall–Kier alpha value is -2.91. The van der Waals surface area contributed by atoms with Gasteiger partial charge in [-0.15, -0.1) is 11.8 Å². The van der Waals surface area contributed by atoms with Gasteiger partial charge in [0.05, 0.1) is 18.9 Å². The van der Waals surface area contributed by atoms with Gasteiger partial charge >= 0.3 is 0 Å². The Morgan fingerprint density at radius 2 is 1.94 bits per heavy atom. The maximum absolute atomic E-state index is 12.5. The Bertz CT molecular complexity index is 1090. The molecule has 0 aliphatic carbocycles. The van der Waals surface area contributed by atoms with Gasteiger partial charge in [0.25, 0.3) is 0 Å². The lowest BCUT2D eigenvalue weighted by molar-refractivity contribution is -0.116. The van der Waals surface area contributed by atoms with Crippen molar-refractivity contribution in [2.75, 3.05) is 42.8 Å². The van der Waals surface area contributed by atoms with E-state index in [0.717, 1.165) is 52.3 Å². The summed E-state index contributed by atoms with van der Waals surface area (Å²) in [5.74, 6) is 1.59. The number of aryl methyl sites for hydroxylation is 1. The highest BCUT2D eigenvalue weighted by Crippen LogP contribution is 2.22. The third-order valence-electron chi connectivity index (χ3n) is 5.59. The summed E-state index contributed by atoms with van der Waals surface area (Å²) in [6, 6.07) is 9.83. The first-order valence-electron chi connectivity index (χ1n) is 10.7. The summed E-state index contributed by atoms with van der Waals surface area (Å²) in [5, 5.41) is 7.69. The molecule has 8 nitrogen and oxygen atoms in total. The molecule has 0 radical (unpaired) electrons. The minimum absolute atomic E-state index is 0.00792. The monoisotopic (exact) mass is 452 g/mol. The van der Waals surface area contributed by atoms with Crippen LogP contribution >= 0.6 is 11.8 Å². The van der Waals surface area contributed by atoms with Crippen molar-refractivity contribution in [3.63, 3.8) is 0 Å². The van der Waals surface area contributed by atoms with Crippen molar-refractivity contribution in [2.24, 2.45) is 0 Å². The number of ether oxygens (including phenoxy) is 1. The van der Waals surface area contributed by atoms with Crippen LogP contribution in [0, 0.1) is 13.8 Å². The third kappa shape index (κ3) is 5.11. The molecule has 0 atom stereocenters. The Kier molecular flexibility index (Phi) is 7.06. The summed E-state index contributed by atoms with van der Waals surface area (Å²) in [4.78, 5) is 24.7. The van der Waals surface area contributed by atoms with Crippen LogP contribution in [0.1, 0.15) is 23.4 Å². The molecule has 2 aromatic heterocycles. The number of hydrogen-bond donors (Lipinski definition) is 1. The number of nitrogens with one attached hydrogen (secondary N) is 1. The largest absolute Gasteiger partial charge is 0.378 e. The number of carbonyl (C=O) groups is 1. The summed E-state index contributed by atoms with van der Waals surface area (Å²) in [7, 11) is 0. The number of anilines is 2. The zero-order valence-corrected chi connectivity index (χ0v) is 19.5. The highest BCUT2D eigenvalue weighted by molar-refractivity contribution is 7.98. The smallest absolute Gasteiger partial charge is 0.224 e. The maximum atomic E-state index is 12.5. The molecule has 3 aromatic rings. The highest BCUT2D eigenvalue weighted by atomic mass is 32.2. The fourth-order valence-corrected chi connectivity index (χ4v) is 4.30. The van der Waals surface area contributed by atoms with Gasteiger partial charge in [0.2, 0.25) is 5.91 Å². The summed E-state index contributed by atoms with van der Waals surface area (Å²) in [5.41, 5.74) is 3.80. The predicted molar refractivity (Wildman–Crippen MR) is 127 cm³/mol. The summed E-state index contributed by atoms with van der Waals surface area (Å²) >= 11 is 1.65. The quantitative estimate of drug-likeness (QED) is 0.550. The first kappa shape index (κ1) is 22.3. The van der Waals surface area contributed by atoms with Crippen molar-refractivity contribution in [1.82, 2.24) is 19.7 Å². The molecule has 1 aromatic carbocycles. The fourth-order valence-electron chi connectivity index (χ4n) is 3.84. The van der Waals surface area contributed by atoms with Crippen LogP contribution in [-0.2, 0) is 16.0 Å². The van der Waals surface area contributed by atoms with E-state index >= 15 is 0 Å². The SMILES string of the molecule is CSc1cccc(NC(=O)CCc2c(C)nn(-c3cc(N4CCOCC4)ncn3)c2C)c1. The Balaban J connectivity index is 1.45. The lowest BCUT2D eigenvalue weighted by Gasteiger charge is -2.27. The van der Waals surface area contributed by atoms with Gasteiger partial charge < -0.3 is 15.0 Å². The zero-order valence-electron chi connectivity index (χ0n) is 18.7. The van der Waals surface area contributed by atoms with Crippen molar-refractivity contribution < 1.29 is 9.53 Å². The van der Waals surface area contributed by atoms with E-state index in [4.69, 9.17) is 9.84 Å². The van der Waals surface area contributed by atoms with Crippen LogP contribution in [0.5, 0.6) is 0 Å². The molecule has 1 aliphatic heterocycles. The lowest BCUT2D eigenvalue weighted by Crippen LogP contribution is -2.36. The van der Waals surface area contributed by atoms with Crippen LogP contribution in [0.25, 0.3) is 5.82 Å². The van der Waals surface area contributed by atoms with Gasteiger partial charge in [-0.1, -0.05) is 6.07 Å². The number of aromatic nitrogens is 4. The van der Waals surface area contributed by atoms with Crippen LogP contribution in [0.2, 0.25) is 0 Å². The molecule has 0 saturated carbocycles. The van der Waals surface area contributed by atoms with E-state index in [1.165, 1.54) is 0 Å². The number of carbonyl (C=O) groups excluding carboxylic acids is 1. The normalized spacial score (nSPS) is 13.9. The molecular weight excluding hydrogens is 424 g/mol. The number of thioether (sulfide) groups is 1. The van der Waals surface area contributed by atoms with Crippen LogP contribution in [0.15, 0.2) is 41.6 Å². The van der Waals surface area contributed by atoms with Gasteiger partial charge in [0.15, 0.2) is 5.82 Å².